The largest absolute Gasteiger partial charge is 0.222 e. The first kappa shape index (κ1) is 3.21. The van der Waals surface area contributed by atoms with Gasteiger partial charge in [0, 0.05) is 0 Å². The second-order valence-electron chi connectivity index (χ2n) is 0.635. The van der Waals surface area contributed by atoms with Crippen molar-refractivity contribution in [1.82, 2.24) is 15.2 Å². The highest BCUT2D eigenvalue weighted by atomic mass is 15.1. The Bertz CT molecular complexity index is 78.0. The van der Waals surface area contributed by atoms with Gasteiger partial charge < -0.3 is 0 Å². The van der Waals surface area contributed by atoms with Crippen LogP contribution >= 0.6 is 0 Å². The maximum absolute atomic E-state index is 3.31. The minimum atomic E-state index is 2.19. The molecule has 6 heavy (non-hydrogen) atoms. The number of hydrogen-bond donors (Lipinski definition) is 0. The van der Waals surface area contributed by atoms with Gasteiger partial charge in [-0.05, 0) is 0 Å². The Morgan fingerprint density at radius 1 is 1.00 bits per heavy atom. The van der Waals surface area contributed by atoms with Gasteiger partial charge in [0.2, 0.25) is 6.33 Å². The summed E-state index contributed by atoms with van der Waals surface area (Å²) in [5.74, 6) is 0. The molecule has 27 valence electrons. The molecule has 3 heteroatoms. The van der Waals surface area contributed by atoms with Crippen LogP contribution in [0.4, 0.5) is 0 Å². The first-order valence-corrected chi connectivity index (χ1v) is 1.34. The minimum absolute atomic E-state index is 2.19. The lowest BCUT2D eigenvalue weighted by atomic mass is 10.9. The first-order chi connectivity index (χ1) is 3.00. The summed E-state index contributed by atoms with van der Waals surface area (Å²) in [4.78, 5) is 3.31. The molecule has 0 aliphatic heterocycles. The van der Waals surface area contributed by atoms with Crippen molar-refractivity contribution in [3.63, 3.8) is 0 Å². The Kier molecular flexibility index (Phi) is 0.774. The van der Waals surface area contributed by atoms with Crippen LogP contribution in [-0.4, -0.2) is 15.2 Å². The molecule has 0 fully saturated rings. The smallest absolute Gasteiger partial charge is 0.219 e. The van der Waals surface area contributed by atoms with Crippen LogP contribution in [0.3, 0.4) is 0 Å². The van der Waals surface area contributed by atoms with Gasteiger partial charge in [0.15, 0.2) is 0 Å². The molecule has 0 unspecified atom stereocenters. The maximum atomic E-state index is 3.31. The Morgan fingerprint density at radius 2 is 2.00 bits per heavy atom. The van der Waals surface area contributed by atoms with Gasteiger partial charge in [0.05, 0.1) is 0 Å². The summed E-state index contributed by atoms with van der Waals surface area (Å²) in [6, 6.07) is 0. The van der Waals surface area contributed by atoms with Gasteiger partial charge in [-0.25, -0.2) is 4.98 Å². The molecule has 0 amide bonds. The zero-order valence-electron chi connectivity index (χ0n) is 2.84. The van der Waals surface area contributed by atoms with Gasteiger partial charge >= 0.3 is 0 Å². The van der Waals surface area contributed by atoms with Crippen LogP contribution in [0.15, 0.2) is 0 Å². The van der Waals surface area contributed by atoms with Crippen molar-refractivity contribution >= 4 is 0 Å². The van der Waals surface area contributed by atoms with E-state index >= 15 is 0 Å². The van der Waals surface area contributed by atoms with E-state index < -0.39 is 0 Å². The van der Waals surface area contributed by atoms with Crippen molar-refractivity contribution in [1.29, 1.82) is 0 Å². The fourth-order valence-electron chi connectivity index (χ4n) is 0.142. The van der Waals surface area contributed by atoms with Crippen LogP contribution in [0.5, 0.6) is 0 Å². The zero-order valence-corrected chi connectivity index (χ0v) is 2.84. The van der Waals surface area contributed by atoms with Crippen LogP contribution in [0, 0.1) is 18.7 Å². The van der Waals surface area contributed by atoms with Gasteiger partial charge in [-0.15, -0.1) is 10.2 Å². The molecule has 0 N–H and O–H groups in total. The van der Waals surface area contributed by atoms with Crippen molar-refractivity contribution < 1.29 is 0 Å². The normalized spacial score (nSPS) is 8.00. The molecule has 0 spiro atoms. The molecule has 3 radical (unpaired) electrons. The molecule has 3 nitrogen and oxygen atoms in total. The van der Waals surface area contributed by atoms with Crippen molar-refractivity contribution in [3.05, 3.63) is 18.7 Å². The highest BCUT2D eigenvalue weighted by Crippen LogP contribution is 1.54. The minimum Gasteiger partial charge on any atom is -0.219 e. The summed E-state index contributed by atoms with van der Waals surface area (Å²) in [5, 5.41) is 6.45. The second-order valence-corrected chi connectivity index (χ2v) is 0.635. The molecule has 1 rings (SSSR count). The third kappa shape index (κ3) is 0.484. The van der Waals surface area contributed by atoms with Gasteiger partial charge in [0.25, 0.3) is 0 Å². The van der Waals surface area contributed by atoms with E-state index in [1.807, 2.05) is 0 Å². The standard InChI is InChI=1S/C3N3/c1-2-5-6-3-4-1. The van der Waals surface area contributed by atoms with Gasteiger partial charge in [-0.2, -0.15) is 0 Å². The summed E-state index contributed by atoms with van der Waals surface area (Å²) in [7, 11) is 0. The van der Waals surface area contributed by atoms with E-state index in [-0.39, 0.29) is 0 Å². The van der Waals surface area contributed by atoms with E-state index in [9.17, 15) is 0 Å². The van der Waals surface area contributed by atoms with Crippen molar-refractivity contribution in [2.75, 3.05) is 0 Å². The predicted octanol–water partition coefficient (Wildman–Crippen LogP) is -0.728. The first-order valence-electron chi connectivity index (χ1n) is 1.34. The molecule has 0 aliphatic carbocycles. The molecule has 0 aromatic carbocycles. The average molecular weight is 78.1 g/mol. The molecule has 0 bridgehead atoms. The fourth-order valence-corrected chi connectivity index (χ4v) is 0.142. The van der Waals surface area contributed by atoms with Crippen LogP contribution < -0.4 is 0 Å². The van der Waals surface area contributed by atoms with Crippen LogP contribution in [-0.2, 0) is 0 Å². The number of hydrogen-bond acceptors (Lipinski definition) is 3. The molecule has 0 atom stereocenters. The Balaban J connectivity index is 3.00. The lowest BCUT2D eigenvalue weighted by Crippen LogP contribution is -1.78. The molecule has 1 aromatic heterocycles. The summed E-state index contributed by atoms with van der Waals surface area (Å²) in [5.41, 5.74) is 0. The summed E-state index contributed by atoms with van der Waals surface area (Å²) < 4.78 is 0. The highest BCUT2D eigenvalue weighted by molar-refractivity contribution is 4.50. The van der Waals surface area contributed by atoms with Crippen LogP contribution in [0.25, 0.3) is 0 Å². The number of rotatable bonds is 0. The fraction of sp³-hybridized carbons (Fsp3) is 0. The summed E-state index contributed by atoms with van der Waals surface area (Å²) in [6.45, 7) is 0. The third-order valence-electron chi connectivity index (χ3n) is 0.301. The summed E-state index contributed by atoms with van der Waals surface area (Å²) in [6.07, 6.45) is 6.75. The van der Waals surface area contributed by atoms with E-state index in [2.05, 4.69) is 33.9 Å². The number of aromatic nitrogens is 3. The lowest BCUT2D eigenvalue weighted by Gasteiger charge is -1.64. The maximum Gasteiger partial charge on any atom is 0.222 e. The van der Waals surface area contributed by atoms with E-state index in [0.29, 0.717) is 0 Å². The Labute approximate surface area is 35.1 Å². The Morgan fingerprint density at radius 3 is 2.17 bits per heavy atom. The van der Waals surface area contributed by atoms with E-state index in [4.69, 9.17) is 0 Å². The SMILES string of the molecule is [c]1[c]nn[c]n1. The van der Waals surface area contributed by atoms with Crippen molar-refractivity contribution in [3.8, 4) is 0 Å². The quantitative estimate of drug-likeness (QED) is 0.410. The van der Waals surface area contributed by atoms with Gasteiger partial charge in [-0.3, -0.25) is 0 Å². The van der Waals surface area contributed by atoms with Crippen molar-refractivity contribution in [2.24, 2.45) is 0 Å². The van der Waals surface area contributed by atoms with E-state index in [0.717, 1.165) is 0 Å². The second kappa shape index (κ2) is 1.45. The molecule has 1 heterocycles. The monoisotopic (exact) mass is 78.0 g/mol. The van der Waals surface area contributed by atoms with Crippen molar-refractivity contribution in [2.45, 2.75) is 0 Å². The van der Waals surface area contributed by atoms with Crippen LogP contribution in [0.1, 0.15) is 0 Å². The third-order valence-corrected chi connectivity index (χ3v) is 0.301. The van der Waals surface area contributed by atoms with E-state index in [1.165, 1.54) is 0 Å². The molecule has 0 saturated carbocycles. The Hall–Kier alpha value is -0.990. The van der Waals surface area contributed by atoms with Gasteiger partial charge in [-0.1, -0.05) is 0 Å². The van der Waals surface area contributed by atoms with Gasteiger partial charge in [0.1, 0.15) is 12.4 Å². The van der Waals surface area contributed by atoms with E-state index in [1.54, 1.807) is 0 Å². The average Bonchev–Trinajstić information content (AvgIpc) is 1.72. The molecule has 0 saturated heterocycles. The molecule has 1 aromatic rings. The summed E-state index contributed by atoms with van der Waals surface area (Å²) >= 11 is 0. The highest BCUT2D eigenvalue weighted by Gasteiger charge is 1.65. The molecular weight excluding hydrogens is 78.1 g/mol. The van der Waals surface area contributed by atoms with Crippen LogP contribution in [0.2, 0.25) is 0 Å². The predicted molar refractivity (Wildman–Crippen MR) is 16.3 cm³/mol. The topological polar surface area (TPSA) is 38.7 Å². The lowest BCUT2D eigenvalue weighted by molar-refractivity contribution is 0.944. The molecule has 0 aliphatic rings. The molecular formula is C3N3. The zero-order chi connectivity index (χ0) is 4.24. The number of nitrogens with zero attached hydrogens (tertiary/aromatic N) is 3.